The van der Waals surface area contributed by atoms with Gasteiger partial charge in [-0.2, -0.15) is 0 Å². The number of amides is 2. The van der Waals surface area contributed by atoms with Crippen LogP contribution >= 0.6 is 0 Å². The smallest absolute Gasteiger partial charge is 0.326 e. The molecule has 0 aliphatic heterocycles. The number of aliphatic hydroxyl groups excluding tert-OH is 1. The normalized spacial score (nSPS) is 15.5. The molecule has 138 valence electrons. The molecule has 1 rings (SSSR count). The molecular weight excluding hydrogens is 330 g/mol. The van der Waals surface area contributed by atoms with Crippen molar-refractivity contribution in [3.05, 3.63) is 29.8 Å². The third kappa shape index (κ3) is 6.40. The van der Waals surface area contributed by atoms with Gasteiger partial charge < -0.3 is 31.7 Å². The fourth-order valence-corrected chi connectivity index (χ4v) is 1.96. The second-order valence-corrected chi connectivity index (χ2v) is 5.77. The highest BCUT2D eigenvalue weighted by molar-refractivity contribution is 5.91. The average Bonchev–Trinajstić information content (AvgIpc) is 2.54. The number of benzene rings is 1. The Hall–Kier alpha value is -2.65. The second kappa shape index (κ2) is 9.00. The lowest BCUT2D eigenvalue weighted by Gasteiger charge is -2.21. The van der Waals surface area contributed by atoms with Gasteiger partial charge in [0.05, 0.1) is 6.10 Å². The fourth-order valence-electron chi connectivity index (χ4n) is 1.96. The molecular formula is C16H23N3O6. The zero-order chi connectivity index (χ0) is 19.1. The molecule has 0 spiro atoms. The van der Waals surface area contributed by atoms with Crippen molar-refractivity contribution in [1.82, 2.24) is 10.6 Å². The van der Waals surface area contributed by atoms with E-state index in [0.717, 1.165) is 0 Å². The van der Waals surface area contributed by atoms with Crippen LogP contribution < -0.4 is 16.4 Å². The number of aliphatic carboxylic acids is 1. The molecule has 1 aromatic carbocycles. The van der Waals surface area contributed by atoms with Crippen LogP contribution in [0.1, 0.15) is 19.4 Å². The Morgan fingerprint density at radius 2 is 1.64 bits per heavy atom. The van der Waals surface area contributed by atoms with Crippen LogP contribution in [0, 0.1) is 0 Å². The predicted octanol–water partition coefficient (Wildman–Crippen LogP) is -1.28. The molecule has 4 atom stereocenters. The summed E-state index contributed by atoms with van der Waals surface area (Å²) >= 11 is 0. The second-order valence-electron chi connectivity index (χ2n) is 5.77. The standard InChI is InChI=1S/C16H23N3O6/c1-8(18-15(23)13(17)9(2)20)14(22)19-12(16(24)25)7-10-3-5-11(21)6-4-10/h3-6,8-9,12-13,20-21H,7,17H2,1-2H3,(H,18,23)(H,19,22)(H,24,25)/t8-,9+,12-,13-/m0/s1. The van der Waals surface area contributed by atoms with E-state index in [9.17, 15) is 29.7 Å². The summed E-state index contributed by atoms with van der Waals surface area (Å²) in [5, 5.41) is 32.4. The molecule has 0 aliphatic rings. The van der Waals surface area contributed by atoms with Gasteiger partial charge in [-0.1, -0.05) is 12.1 Å². The number of nitrogens with two attached hydrogens (primary N) is 1. The van der Waals surface area contributed by atoms with Gasteiger partial charge in [-0.15, -0.1) is 0 Å². The molecule has 0 radical (unpaired) electrons. The number of carbonyl (C=O) groups excluding carboxylic acids is 2. The maximum absolute atomic E-state index is 12.1. The van der Waals surface area contributed by atoms with Gasteiger partial charge in [-0.3, -0.25) is 9.59 Å². The van der Waals surface area contributed by atoms with Crippen molar-refractivity contribution in [2.45, 2.75) is 44.5 Å². The molecule has 0 aliphatic carbocycles. The lowest BCUT2D eigenvalue weighted by atomic mass is 10.1. The Labute approximate surface area is 144 Å². The highest BCUT2D eigenvalue weighted by Crippen LogP contribution is 2.11. The first-order valence-corrected chi connectivity index (χ1v) is 7.67. The van der Waals surface area contributed by atoms with Crippen LogP contribution in [0.15, 0.2) is 24.3 Å². The monoisotopic (exact) mass is 353 g/mol. The molecule has 9 nitrogen and oxygen atoms in total. The van der Waals surface area contributed by atoms with Crippen molar-refractivity contribution in [1.29, 1.82) is 0 Å². The van der Waals surface area contributed by atoms with E-state index in [1.54, 1.807) is 12.1 Å². The summed E-state index contributed by atoms with van der Waals surface area (Å²) in [7, 11) is 0. The zero-order valence-electron chi connectivity index (χ0n) is 14.0. The number of aliphatic hydroxyl groups is 1. The number of rotatable bonds is 8. The largest absolute Gasteiger partial charge is 0.508 e. The van der Waals surface area contributed by atoms with Crippen molar-refractivity contribution in [2.24, 2.45) is 5.73 Å². The number of nitrogens with one attached hydrogen (secondary N) is 2. The van der Waals surface area contributed by atoms with E-state index < -0.39 is 42.0 Å². The van der Waals surface area contributed by atoms with Gasteiger partial charge in [-0.25, -0.2) is 4.79 Å². The van der Waals surface area contributed by atoms with E-state index in [0.29, 0.717) is 5.56 Å². The first-order valence-electron chi connectivity index (χ1n) is 7.67. The minimum Gasteiger partial charge on any atom is -0.508 e. The van der Waals surface area contributed by atoms with Gasteiger partial charge >= 0.3 is 5.97 Å². The molecule has 0 saturated carbocycles. The van der Waals surface area contributed by atoms with Gasteiger partial charge in [0.15, 0.2) is 0 Å². The minimum absolute atomic E-state index is 0.00913. The Morgan fingerprint density at radius 3 is 2.12 bits per heavy atom. The Balaban J connectivity index is 2.67. The number of aromatic hydroxyl groups is 1. The maximum Gasteiger partial charge on any atom is 0.326 e. The van der Waals surface area contributed by atoms with Crippen molar-refractivity contribution in [3.8, 4) is 5.75 Å². The Morgan fingerprint density at radius 1 is 1.08 bits per heavy atom. The van der Waals surface area contributed by atoms with Crippen molar-refractivity contribution < 1.29 is 29.7 Å². The lowest BCUT2D eigenvalue weighted by molar-refractivity contribution is -0.142. The van der Waals surface area contributed by atoms with Crippen LogP contribution in [0.3, 0.4) is 0 Å². The summed E-state index contributed by atoms with van der Waals surface area (Å²) in [6.07, 6.45) is -1.08. The average molecular weight is 353 g/mol. The summed E-state index contributed by atoms with van der Waals surface area (Å²) in [6.45, 7) is 2.72. The number of hydrogen-bond donors (Lipinski definition) is 6. The summed E-state index contributed by atoms with van der Waals surface area (Å²) in [4.78, 5) is 35.2. The Bertz CT molecular complexity index is 617. The lowest BCUT2D eigenvalue weighted by Crippen LogP contribution is -2.55. The van der Waals surface area contributed by atoms with Gasteiger partial charge in [0.25, 0.3) is 0 Å². The number of carboxylic acids is 1. The van der Waals surface area contributed by atoms with Crippen LogP contribution in [0.4, 0.5) is 0 Å². The van der Waals surface area contributed by atoms with E-state index in [-0.39, 0.29) is 12.2 Å². The van der Waals surface area contributed by atoms with E-state index in [1.165, 1.54) is 26.0 Å². The summed E-state index contributed by atoms with van der Waals surface area (Å²) < 4.78 is 0. The molecule has 25 heavy (non-hydrogen) atoms. The van der Waals surface area contributed by atoms with E-state index in [4.69, 9.17) is 5.73 Å². The molecule has 0 fully saturated rings. The Kier molecular flexibility index (Phi) is 7.34. The van der Waals surface area contributed by atoms with Gasteiger partial charge in [-0.05, 0) is 31.5 Å². The van der Waals surface area contributed by atoms with Gasteiger partial charge in [0.1, 0.15) is 23.9 Å². The van der Waals surface area contributed by atoms with Crippen molar-refractivity contribution >= 4 is 17.8 Å². The quantitative estimate of drug-likeness (QED) is 0.339. The van der Waals surface area contributed by atoms with E-state index >= 15 is 0 Å². The molecule has 1 aromatic rings. The predicted molar refractivity (Wildman–Crippen MR) is 88.6 cm³/mol. The van der Waals surface area contributed by atoms with Crippen LogP contribution in [0.5, 0.6) is 5.75 Å². The molecule has 7 N–H and O–H groups in total. The first-order chi connectivity index (χ1) is 11.6. The van der Waals surface area contributed by atoms with Crippen molar-refractivity contribution in [3.63, 3.8) is 0 Å². The summed E-state index contributed by atoms with van der Waals surface area (Å²) in [5.74, 6) is -2.61. The topological polar surface area (TPSA) is 162 Å². The highest BCUT2D eigenvalue weighted by atomic mass is 16.4. The number of carbonyl (C=O) groups is 3. The molecule has 0 saturated heterocycles. The number of phenols is 1. The van der Waals surface area contributed by atoms with E-state index in [2.05, 4.69) is 10.6 Å². The number of hydrogen-bond acceptors (Lipinski definition) is 6. The summed E-state index contributed by atoms with van der Waals surface area (Å²) in [5.41, 5.74) is 6.07. The minimum atomic E-state index is -1.24. The molecule has 0 aromatic heterocycles. The highest BCUT2D eigenvalue weighted by Gasteiger charge is 2.26. The molecule has 0 unspecified atom stereocenters. The molecule has 9 heteroatoms. The zero-order valence-corrected chi connectivity index (χ0v) is 14.0. The van der Waals surface area contributed by atoms with Gasteiger partial charge in [0, 0.05) is 6.42 Å². The van der Waals surface area contributed by atoms with Crippen LogP contribution in [0.25, 0.3) is 0 Å². The summed E-state index contributed by atoms with van der Waals surface area (Å²) in [6, 6.07) is 2.49. The van der Waals surface area contributed by atoms with Crippen LogP contribution in [-0.2, 0) is 20.8 Å². The molecule has 2 amide bonds. The molecule has 0 heterocycles. The first kappa shape index (κ1) is 20.4. The van der Waals surface area contributed by atoms with Crippen LogP contribution in [-0.4, -0.2) is 57.3 Å². The van der Waals surface area contributed by atoms with Crippen LogP contribution in [0.2, 0.25) is 0 Å². The fraction of sp³-hybridized carbons (Fsp3) is 0.438. The van der Waals surface area contributed by atoms with Crippen molar-refractivity contribution in [2.75, 3.05) is 0 Å². The maximum atomic E-state index is 12.1. The number of phenolic OH excluding ortho intramolecular Hbond substituents is 1. The molecule has 0 bridgehead atoms. The SMILES string of the molecule is C[C@H](NC(=O)[C@@H](N)[C@@H](C)O)C(=O)N[C@@H](Cc1ccc(O)cc1)C(=O)O. The third-order valence-corrected chi connectivity index (χ3v) is 3.57. The van der Waals surface area contributed by atoms with Gasteiger partial charge in [0.2, 0.25) is 11.8 Å². The van der Waals surface area contributed by atoms with E-state index in [1.807, 2.05) is 0 Å². The number of carboxylic acid groups (broad SMARTS) is 1. The third-order valence-electron chi connectivity index (χ3n) is 3.57.